The highest BCUT2D eigenvalue weighted by atomic mass is 35.5. The van der Waals surface area contributed by atoms with E-state index in [1.54, 1.807) is 36.4 Å². The second-order valence-corrected chi connectivity index (χ2v) is 7.71. The average Bonchev–Trinajstić information content (AvgIpc) is 3.29. The monoisotopic (exact) mass is 500 g/mol. The van der Waals surface area contributed by atoms with Crippen LogP contribution in [-0.4, -0.2) is 36.4 Å². The van der Waals surface area contributed by atoms with Gasteiger partial charge in [-0.15, -0.1) is 0 Å². The highest BCUT2D eigenvalue weighted by Crippen LogP contribution is 2.37. The number of amides is 2. The molecule has 11 heteroatoms. The van der Waals surface area contributed by atoms with Crippen LogP contribution in [0.15, 0.2) is 59.8 Å². The lowest BCUT2D eigenvalue weighted by atomic mass is 10.2. The third kappa shape index (κ3) is 5.75. The van der Waals surface area contributed by atoms with E-state index in [1.165, 1.54) is 18.5 Å². The molecule has 174 valence electrons. The summed E-state index contributed by atoms with van der Waals surface area (Å²) in [5.74, 6) is 0.706. The number of benzene rings is 2. The zero-order chi connectivity index (χ0) is 23.9. The zero-order valence-corrected chi connectivity index (χ0v) is 19.1. The summed E-state index contributed by atoms with van der Waals surface area (Å²) in [7, 11) is 0. The Morgan fingerprint density at radius 2 is 1.91 bits per heavy atom. The third-order valence-electron chi connectivity index (χ3n) is 4.65. The van der Waals surface area contributed by atoms with E-state index in [9.17, 15) is 9.59 Å². The Labute approximate surface area is 204 Å². The lowest BCUT2D eigenvalue weighted by Gasteiger charge is -2.11. The number of hydrogen-bond acceptors (Lipinski definition) is 7. The average molecular weight is 501 g/mol. The Kier molecular flexibility index (Phi) is 7.46. The van der Waals surface area contributed by atoms with Crippen LogP contribution in [0.25, 0.3) is 0 Å². The number of hydrogen-bond donors (Lipinski definition) is 2. The topological polar surface area (TPSA) is 111 Å². The van der Waals surface area contributed by atoms with E-state index in [1.807, 2.05) is 6.07 Å². The van der Waals surface area contributed by atoms with Crippen LogP contribution in [0.5, 0.6) is 17.2 Å². The fourth-order valence-electron chi connectivity index (χ4n) is 2.97. The molecule has 0 saturated carbocycles. The van der Waals surface area contributed by atoms with Crippen LogP contribution in [0.2, 0.25) is 10.2 Å². The van der Waals surface area contributed by atoms with Gasteiger partial charge in [-0.05, 0) is 30.3 Å². The maximum atomic E-state index is 12.1. The van der Waals surface area contributed by atoms with Crippen molar-refractivity contribution in [3.05, 3.63) is 81.6 Å². The van der Waals surface area contributed by atoms with Crippen molar-refractivity contribution in [2.45, 2.75) is 6.61 Å². The van der Waals surface area contributed by atoms with Crippen LogP contribution < -0.4 is 25.0 Å². The highest BCUT2D eigenvalue weighted by Gasteiger charge is 2.17. The number of rotatable bonds is 8. The molecule has 2 amide bonds. The van der Waals surface area contributed by atoms with Gasteiger partial charge >= 0.3 is 0 Å². The van der Waals surface area contributed by atoms with Crippen LogP contribution in [0.3, 0.4) is 0 Å². The standard InChI is InChI=1S/C23H18Cl2N4O5/c24-17-9-20-19(33-13-34-20)8-15(17)12-32-18-6-2-1-4-14(18)10-28-29-21(30)11-27-23(31)16-5-3-7-26-22(16)25/h1-10H,11-13H2,(H,27,31)(H,29,30)/b28-10+. The van der Waals surface area contributed by atoms with E-state index in [2.05, 4.69) is 20.8 Å². The minimum absolute atomic E-state index is 0.0528. The largest absolute Gasteiger partial charge is 0.488 e. The van der Waals surface area contributed by atoms with Crippen molar-refractivity contribution in [3.8, 4) is 17.2 Å². The molecule has 0 unspecified atom stereocenters. The van der Waals surface area contributed by atoms with Gasteiger partial charge in [-0.2, -0.15) is 5.10 Å². The number of ether oxygens (including phenoxy) is 3. The first-order chi connectivity index (χ1) is 16.5. The van der Waals surface area contributed by atoms with Crippen molar-refractivity contribution in [2.24, 2.45) is 5.10 Å². The van der Waals surface area contributed by atoms with Gasteiger partial charge in [0.1, 0.15) is 17.5 Å². The van der Waals surface area contributed by atoms with Gasteiger partial charge in [-0.3, -0.25) is 9.59 Å². The van der Waals surface area contributed by atoms with Crippen molar-refractivity contribution in [2.75, 3.05) is 13.3 Å². The lowest BCUT2D eigenvalue weighted by molar-refractivity contribution is -0.120. The third-order valence-corrected chi connectivity index (χ3v) is 5.30. The molecular formula is C23H18Cl2N4O5. The summed E-state index contributed by atoms with van der Waals surface area (Å²) in [5.41, 5.74) is 3.89. The van der Waals surface area contributed by atoms with Crippen LogP contribution >= 0.6 is 23.2 Å². The first kappa shape index (κ1) is 23.3. The molecule has 1 aliphatic heterocycles. The summed E-state index contributed by atoms with van der Waals surface area (Å²) in [6.07, 6.45) is 2.90. The molecular weight excluding hydrogens is 483 g/mol. The number of carbonyl (C=O) groups excluding carboxylic acids is 2. The van der Waals surface area contributed by atoms with Gasteiger partial charge in [-0.25, -0.2) is 10.4 Å². The number of nitrogens with one attached hydrogen (secondary N) is 2. The second kappa shape index (κ2) is 10.9. The smallest absolute Gasteiger partial charge is 0.259 e. The molecule has 1 aliphatic rings. The van der Waals surface area contributed by atoms with Gasteiger partial charge in [0.15, 0.2) is 11.5 Å². The second-order valence-electron chi connectivity index (χ2n) is 6.94. The number of nitrogens with zero attached hydrogens (tertiary/aromatic N) is 2. The molecule has 9 nitrogen and oxygen atoms in total. The van der Waals surface area contributed by atoms with Crippen LogP contribution in [-0.2, 0) is 11.4 Å². The molecule has 2 N–H and O–H groups in total. The van der Waals surface area contributed by atoms with Crippen molar-refractivity contribution >= 4 is 41.2 Å². The summed E-state index contributed by atoms with van der Waals surface area (Å²) in [4.78, 5) is 27.9. The molecule has 2 heterocycles. The summed E-state index contributed by atoms with van der Waals surface area (Å²) in [5, 5.41) is 6.94. The summed E-state index contributed by atoms with van der Waals surface area (Å²) >= 11 is 12.2. The number of aromatic nitrogens is 1. The normalized spacial score (nSPS) is 11.9. The summed E-state index contributed by atoms with van der Waals surface area (Å²) in [6, 6.07) is 13.7. The van der Waals surface area contributed by atoms with Gasteiger partial charge in [0.25, 0.3) is 11.8 Å². The van der Waals surface area contributed by atoms with Gasteiger partial charge in [0, 0.05) is 23.4 Å². The molecule has 0 bridgehead atoms. The van der Waals surface area contributed by atoms with Gasteiger partial charge < -0.3 is 19.5 Å². The van der Waals surface area contributed by atoms with Crippen molar-refractivity contribution in [1.82, 2.24) is 15.7 Å². The van der Waals surface area contributed by atoms with Crippen molar-refractivity contribution in [3.63, 3.8) is 0 Å². The quantitative estimate of drug-likeness (QED) is 0.277. The lowest BCUT2D eigenvalue weighted by Crippen LogP contribution is -2.35. The van der Waals surface area contributed by atoms with Crippen LogP contribution in [0, 0.1) is 0 Å². The molecule has 0 radical (unpaired) electrons. The minimum atomic E-state index is -0.518. The van der Waals surface area contributed by atoms with E-state index in [0.29, 0.717) is 27.8 Å². The highest BCUT2D eigenvalue weighted by molar-refractivity contribution is 6.32. The number of fused-ring (bicyclic) bond motifs is 1. The fourth-order valence-corrected chi connectivity index (χ4v) is 3.38. The Bertz CT molecular complexity index is 1250. The summed E-state index contributed by atoms with van der Waals surface area (Å²) < 4.78 is 16.6. The maximum absolute atomic E-state index is 12.1. The fraction of sp³-hybridized carbons (Fsp3) is 0.130. The molecule has 3 aromatic rings. The van der Waals surface area contributed by atoms with Gasteiger partial charge in [-0.1, -0.05) is 35.3 Å². The molecule has 4 rings (SSSR count). The minimum Gasteiger partial charge on any atom is -0.488 e. The molecule has 0 spiro atoms. The molecule has 0 aliphatic carbocycles. The molecule has 1 aromatic heterocycles. The van der Waals surface area contributed by atoms with Crippen LogP contribution in [0.4, 0.5) is 0 Å². The predicted molar refractivity (Wildman–Crippen MR) is 126 cm³/mol. The van der Waals surface area contributed by atoms with E-state index < -0.39 is 11.8 Å². The number of pyridine rings is 1. The molecule has 0 fully saturated rings. The van der Waals surface area contributed by atoms with E-state index in [0.717, 1.165) is 5.56 Å². The predicted octanol–water partition coefficient (Wildman–Crippen LogP) is 3.58. The van der Waals surface area contributed by atoms with Gasteiger partial charge in [0.05, 0.1) is 23.3 Å². The van der Waals surface area contributed by atoms with Crippen molar-refractivity contribution in [1.29, 1.82) is 0 Å². The van der Waals surface area contributed by atoms with E-state index >= 15 is 0 Å². The molecule has 0 saturated heterocycles. The number of para-hydroxylation sites is 1. The van der Waals surface area contributed by atoms with Crippen LogP contribution in [0.1, 0.15) is 21.5 Å². The number of carbonyl (C=O) groups is 2. The number of hydrazone groups is 1. The Morgan fingerprint density at radius 3 is 2.74 bits per heavy atom. The Balaban J connectivity index is 1.31. The molecule has 0 atom stereocenters. The Morgan fingerprint density at radius 1 is 1.12 bits per heavy atom. The summed E-state index contributed by atoms with van der Waals surface area (Å²) in [6.45, 7) is 0.0552. The first-order valence-electron chi connectivity index (χ1n) is 10.0. The van der Waals surface area contributed by atoms with Gasteiger partial charge in [0.2, 0.25) is 6.79 Å². The van der Waals surface area contributed by atoms with E-state index in [-0.39, 0.29) is 30.7 Å². The van der Waals surface area contributed by atoms with Crippen molar-refractivity contribution < 1.29 is 23.8 Å². The first-order valence-corrected chi connectivity index (χ1v) is 10.8. The zero-order valence-electron chi connectivity index (χ0n) is 17.6. The molecule has 34 heavy (non-hydrogen) atoms. The SMILES string of the molecule is O=C(CNC(=O)c1cccnc1Cl)N/N=C/c1ccccc1OCc1cc2c(cc1Cl)OCO2. The number of halogens is 2. The van der Waals surface area contributed by atoms with E-state index in [4.69, 9.17) is 37.4 Å². The maximum Gasteiger partial charge on any atom is 0.259 e. The Hall–Kier alpha value is -3.82. The molecule has 2 aromatic carbocycles.